The van der Waals surface area contributed by atoms with E-state index in [1.807, 2.05) is 80.6 Å². The van der Waals surface area contributed by atoms with Gasteiger partial charge in [0.15, 0.2) is 0 Å². The van der Waals surface area contributed by atoms with Crippen LogP contribution in [0.2, 0.25) is 0 Å². The van der Waals surface area contributed by atoms with Crippen molar-refractivity contribution in [1.82, 2.24) is 9.78 Å². The Morgan fingerprint density at radius 1 is 0.944 bits per heavy atom. The van der Waals surface area contributed by atoms with Crippen LogP contribution in [0.5, 0.6) is 5.88 Å². The van der Waals surface area contributed by atoms with Crippen molar-refractivity contribution >= 4 is 17.6 Å². The molecule has 0 aliphatic rings. The number of rotatable bonds is 7. The molecule has 6 heteroatoms. The van der Waals surface area contributed by atoms with Gasteiger partial charge in [-0.25, -0.2) is 0 Å². The van der Waals surface area contributed by atoms with E-state index in [1.54, 1.807) is 10.7 Å². The number of anilines is 1. The second kappa shape index (κ2) is 10.6. The smallest absolute Gasteiger partial charge is 0.309 e. The maximum absolute atomic E-state index is 12.7. The maximum Gasteiger partial charge on any atom is 0.309 e. The van der Waals surface area contributed by atoms with Crippen molar-refractivity contribution in [2.24, 2.45) is 5.92 Å². The number of benzene rings is 3. The lowest BCUT2D eigenvalue weighted by Crippen LogP contribution is -2.11. The number of carbonyl (C=O) groups excluding carboxylic acids is 2. The van der Waals surface area contributed by atoms with E-state index in [0.29, 0.717) is 29.5 Å². The average molecular weight is 482 g/mol. The summed E-state index contributed by atoms with van der Waals surface area (Å²) in [6.07, 6.45) is 0.717. The van der Waals surface area contributed by atoms with Gasteiger partial charge in [0.05, 0.1) is 16.9 Å². The number of amides is 1. The molecule has 4 aromatic rings. The van der Waals surface area contributed by atoms with E-state index in [-0.39, 0.29) is 5.91 Å². The molecule has 1 aromatic heterocycles. The molecule has 1 heterocycles. The van der Waals surface area contributed by atoms with Crippen LogP contribution in [0.4, 0.5) is 5.69 Å². The van der Waals surface area contributed by atoms with Gasteiger partial charge in [0.25, 0.3) is 5.91 Å². The number of nitrogens with zero attached hydrogens (tertiary/aromatic N) is 2. The molecule has 1 N–H and O–H groups in total. The van der Waals surface area contributed by atoms with Crippen molar-refractivity contribution in [3.05, 3.63) is 95.2 Å². The molecule has 0 saturated carbocycles. The predicted molar refractivity (Wildman–Crippen MR) is 143 cm³/mol. The second-order valence-electron chi connectivity index (χ2n) is 9.47. The fourth-order valence-corrected chi connectivity index (χ4v) is 4.14. The van der Waals surface area contributed by atoms with Gasteiger partial charge in [-0.1, -0.05) is 55.8 Å². The van der Waals surface area contributed by atoms with Crippen LogP contribution >= 0.6 is 0 Å². The molecule has 1 amide bonds. The highest BCUT2D eigenvalue weighted by Gasteiger charge is 2.24. The number of nitrogens with one attached hydrogen (secondary N) is 1. The molecule has 0 radical (unpaired) electrons. The maximum atomic E-state index is 12.7. The van der Waals surface area contributed by atoms with Crippen LogP contribution in [-0.2, 0) is 11.2 Å². The molecule has 36 heavy (non-hydrogen) atoms. The lowest BCUT2D eigenvalue weighted by molar-refractivity contribution is -0.132. The van der Waals surface area contributed by atoms with Crippen molar-refractivity contribution in [2.75, 3.05) is 5.32 Å². The Kier molecular flexibility index (Phi) is 7.34. The lowest BCUT2D eigenvalue weighted by Gasteiger charge is -2.11. The van der Waals surface area contributed by atoms with E-state index in [9.17, 15) is 9.59 Å². The van der Waals surface area contributed by atoms with Gasteiger partial charge in [0.1, 0.15) is 0 Å². The number of esters is 1. The van der Waals surface area contributed by atoms with Crippen LogP contribution in [0, 0.1) is 19.8 Å². The van der Waals surface area contributed by atoms with Crippen LogP contribution in [0.25, 0.3) is 16.8 Å². The zero-order valence-electron chi connectivity index (χ0n) is 21.3. The second-order valence-corrected chi connectivity index (χ2v) is 9.47. The van der Waals surface area contributed by atoms with Gasteiger partial charge in [-0.2, -0.15) is 9.78 Å². The molecular formula is C30H31N3O3. The summed E-state index contributed by atoms with van der Waals surface area (Å²) in [7, 11) is 0. The third-order valence-corrected chi connectivity index (χ3v) is 5.72. The van der Waals surface area contributed by atoms with Gasteiger partial charge in [0.2, 0.25) is 5.88 Å². The molecule has 184 valence electrons. The minimum atomic E-state index is -0.414. The fraction of sp³-hybridized carbons (Fsp3) is 0.233. The topological polar surface area (TPSA) is 73.2 Å². The Morgan fingerprint density at radius 3 is 2.22 bits per heavy atom. The summed E-state index contributed by atoms with van der Waals surface area (Å²) in [5.74, 6) is 0.158. The minimum absolute atomic E-state index is 0.167. The van der Waals surface area contributed by atoms with Crippen molar-refractivity contribution < 1.29 is 14.3 Å². The highest BCUT2D eigenvalue weighted by atomic mass is 16.5. The first-order valence-electron chi connectivity index (χ1n) is 12.1. The number of aromatic nitrogens is 2. The van der Waals surface area contributed by atoms with Gasteiger partial charge < -0.3 is 10.1 Å². The highest BCUT2D eigenvalue weighted by molar-refractivity contribution is 6.04. The number of carbonyl (C=O) groups is 2. The average Bonchev–Trinajstić information content (AvgIpc) is 3.16. The third kappa shape index (κ3) is 5.71. The molecule has 6 nitrogen and oxygen atoms in total. The summed E-state index contributed by atoms with van der Waals surface area (Å²) in [6, 6.07) is 22.9. The van der Waals surface area contributed by atoms with Gasteiger partial charge in [-0.3, -0.25) is 9.59 Å². The van der Waals surface area contributed by atoms with Crippen molar-refractivity contribution in [3.63, 3.8) is 0 Å². The number of aryl methyl sites for hydroxylation is 2. The molecule has 0 bridgehead atoms. The van der Waals surface area contributed by atoms with E-state index in [2.05, 4.69) is 19.2 Å². The summed E-state index contributed by atoms with van der Waals surface area (Å²) in [4.78, 5) is 24.8. The Labute approximate surface area is 211 Å². The number of hydrogen-bond acceptors (Lipinski definition) is 4. The molecule has 0 aliphatic carbocycles. The van der Waals surface area contributed by atoms with Crippen molar-refractivity contribution in [1.29, 1.82) is 0 Å². The van der Waals surface area contributed by atoms with Gasteiger partial charge in [0, 0.05) is 18.2 Å². The molecule has 0 unspecified atom stereocenters. The first-order chi connectivity index (χ1) is 17.2. The van der Waals surface area contributed by atoms with Crippen LogP contribution in [0.15, 0.2) is 72.8 Å². The quantitative estimate of drug-likeness (QED) is 0.305. The molecule has 3 aromatic carbocycles. The summed E-state index contributed by atoms with van der Waals surface area (Å²) in [5, 5.41) is 7.83. The van der Waals surface area contributed by atoms with Crippen LogP contribution in [0.3, 0.4) is 0 Å². The minimum Gasteiger partial charge on any atom is -0.407 e. The summed E-state index contributed by atoms with van der Waals surface area (Å²) in [6.45, 7) is 9.62. The summed E-state index contributed by atoms with van der Waals surface area (Å²) in [5.41, 5.74) is 6.69. The van der Waals surface area contributed by atoms with Crippen LogP contribution < -0.4 is 10.1 Å². The Balaban J connectivity index is 1.74. The highest BCUT2D eigenvalue weighted by Crippen LogP contribution is 2.37. The standard InChI is InChI=1S/C30H31N3O3/c1-19(2)16-27-28(30(36-22(5)34)33(32-27)26-11-7-9-21(4)18-26)23-12-14-25(15-13-23)31-29(35)24-10-6-8-20(3)17-24/h6-15,17-19H,16H2,1-5H3,(H,31,35). The molecule has 4 rings (SSSR count). The Bertz CT molecular complexity index is 1400. The molecule has 0 atom stereocenters. The first-order valence-corrected chi connectivity index (χ1v) is 12.1. The molecule has 0 aliphatic heterocycles. The van der Waals surface area contributed by atoms with E-state index in [0.717, 1.165) is 33.6 Å². The number of ether oxygens (including phenoxy) is 1. The predicted octanol–water partition coefficient (Wildman–Crippen LogP) is 6.53. The van der Waals surface area contributed by atoms with E-state index in [4.69, 9.17) is 9.84 Å². The Hall–Kier alpha value is -4.19. The van der Waals surface area contributed by atoms with Crippen molar-refractivity contribution in [3.8, 4) is 22.7 Å². The fourth-order valence-electron chi connectivity index (χ4n) is 4.14. The van der Waals surface area contributed by atoms with E-state index >= 15 is 0 Å². The van der Waals surface area contributed by atoms with E-state index < -0.39 is 5.97 Å². The molecular weight excluding hydrogens is 450 g/mol. The zero-order valence-corrected chi connectivity index (χ0v) is 21.3. The summed E-state index contributed by atoms with van der Waals surface area (Å²) < 4.78 is 7.45. The number of hydrogen-bond donors (Lipinski definition) is 1. The van der Waals surface area contributed by atoms with E-state index in [1.165, 1.54) is 6.92 Å². The Morgan fingerprint density at radius 2 is 1.61 bits per heavy atom. The third-order valence-electron chi connectivity index (χ3n) is 5.72. The zero-order chi connectivity index (χ0) is 25.8. The SMILES string of the molecule is CC(=O)Oc1c(-c2ccc(NC(=O)c3cccc(C)c3)cc2)c(CC(C)C)nn1-c1cccc(C)c1. The molecule has 0 saturated heterocycles. The largest absolute Gasteiger partial charge is 0.407 e. The van der Waals surface area contributed by atoms with Gasteiger partial charge in [-0.15, -0.1) is 0 Å². The summed E-state index contributed by atoms with van der Waals surface area (Å²) >= 11 is 0. The first kappa shape index (κ1) is 24.9. The van der Waals surface area contributed by atoms with Crippen LogP contribution in [0.1, 0.15) is 48.0 Å². The van der Waals surface area contributed by atoms with Crippen LogP contribution in [-0.4, -0.2) is 21.7 Å². The van der Waals surface area contributed by atoms with Gasteiger partial charge >= 0.3 is 5.97 Å². The van der Waals surface area contributed by atoms with Gasteiger partial charge in [-0.05, 0) is 73.7 Å². The normalized spacial score (nSPS) is 10.9. The monoisotopic (exact) mass is 481 g/mol. The molecule has 0 fully saturated rings. The van der Waals surface area contributed by atoms with Crippen molar-refractivity contribution in [2.45, 2.75) is 41.0 Å². The lowest BCUT2D eigenvalue weighted by atomic mass is 9.99. The molecule has 0 spiro atoms.